The number of amides is 2. The van der Waals surface area contributed by atoms with E-state index >= 15 is 0 Å². The molecule has 1 aromatic rings. The highest BCUT2D eigenvalue weighted by molar-refractivity contribution is 5.87. The molecule has 0 atom stereocenters. The second-order valence-electron chi connectivity index (χ2n) is 3.46. The molecule has 0 saturated heterocycles. The average Bonchev–Trinajstić information content (AvgIpc) is 2.75. The monoisotopic (exact) mass is 241 g/mol. The summed E-state index contributed by atoms with van der Waals surface area (Å²) in [5.41, 5.74) is 0. The third-order valence-electron chi connectivity index (χ3n) is 2.03. The lowest BCUT2D eigenvalue weighted by Crippen LogP contribution is -2.29. The van der Waals surface area contributed by atoms with Crippen LogP contribution in [0, 0.1) is 0 Å². The van der Waals surface area contributed by atoms with E-state index in [1.807, 2.05) is 0 Å². The van der Waals surface area contributed by atoms with Crippen LogP contribution in [-0.4, -0.2) is 28.8 Å². The maximum Gasteiger partial charge on any atom is 0.321 e. The third-order valence-corrected chi connectivity index (χ3v) is 2.03. The van der Waals surface area contributed by atoms with E-state index in [4.69, 9.17) is 5.11 Å². The van der Waals surface area contributed by atoms with E-state index in [1.54, 1.807) is 0 Å². The zero-order valence-corrected chi connectivity index (χ0v) is 9.31. The maximum atomic E-state index is 11.2. The molecule has 0 bridgehead atoms. The zero-order chi connectivity index (χ0) is 12.5. The van der Waals surface area contributed by atoms with Crippen LogP contribution < -0.4 is 10.6 Å². The first-order valence-electron chi connectivity index (χ1n) is 5.36. The smallest absolute Gasteiger partial charge is 0.321 e. The van der Waals surface area contributed by atoms with Gasteiger partial charge in [0.25, 0.3) is 0 Å². The molecule has 1 aromatic heterocycles. The third kappa shape index (κ3) is 6.18. The normalized spacial score (nSPS) is 9.88. The molecule has 0 aliphatic rings. The van der Waals surface area contributed by atoms with Gasteiger partial charge in [-0.05, 0) is 12.8 Å². The van der Waals surface area contributed by atoms with Crippen LogP contribution in [0.2, 0.25) is 0 Å². The summed E-state index contributed by atoms with van der Waals surface area (Å²) < 4.78 is 4.69. The molecule has 94 valence electrons. The number of hydrogen-bond acceptors (Lipinski definition) is 4. The second-order valence-corrected chi connectivity index (χ2v) is 3.46. The lowest BCUT2D eigenvalue weighted by molar-refractivity contribution is -0.137. The molecule has 0 saturated carbocycles. The highest BCUT2D eigenvalue weighted by Crippen LogP contribution is 2.03. The summed E-state index contributed by atoms with van der Waals surface area (Å²) in [4.78, 5) is 21.5. The molecule has 2 amide bonds. The molecule has 0 radical (unpaired) electrons. The molecule has 0 fully saturated rings. The van der Waals surface area contributed by atoms with E-state index in [-0.39, 0.29) is 18.3 Å². The highest BCUT2D eigenvalue weighted by atomic mass is 16.5. The summed E-state index contributed by atoms with van der Waals surface area (Å²) in [7, 11) is 0. The summed E-state index contributed by atoms with van der Waals surface area (Å²) in [6, 6.07) is 1.17. The molecule has 7 nitrogen and oxygen atoms in total. The second kappa shape index (κ2) is 7.26. The topological polar surface area (TPSA) is 104 Å². The van der Waals surface area contributed by atoms with E-state index < -0.39 is 5.97 Å². The summed E-state index contributed by atoms with van der Waals surface area (Å²) in [5, 5.41) is 16.9. The number of nitrogens with one attached hydrogen (secondary N) is 2. The molecule has 1 heterocycles. The molecule has 0 spiro atoms. The van der Waals surface area contributed by atoms with Crippen LogP contribution in [-0.2, 0) is 4.79 Å². The van der Waals surface area contributed by atoms with Crippen LogP contribution >= 0.6 is 0 Å². The summed E-state index contributed by atoms with van der Waals surface area (Å²) >= 11 is 0. The van der Waals surface area contributed by atoms with Gasteiger partial charge < -0.3 is 14.9 Å². The lowest BCUT2D eigenvalue weighted by atomic mass is 10.2. The average molecular weight is 241 g/mol. The fourth-order valence-electron chi connectivity index (χ4n) is 1.22. The van der Waals surface area contributed by atoms with Crippen molar-refractivity contribution in [3.8, 4) is 0 Å². The van der Waals surface area contributed by atoms with Crippen LogP contribution in [0.1, 0.15) is 25.7 Å². The number of urea groups is 1. The Morgan fingerprint density at radius 2 is 2.18 bits per heavy atom. The largest absolute Gasteiger partial charge is 0.481 e. The van der Waals surface area contributed by atoms with Crippen molar-refractivity contribution in [1.29, 1.82) is 0 Å². The Morgan fingerprint density at radius 1 is 1.35 bits per heavy atom. The van der Waals surface area contributed by atoms with Crippen molar-refractivity contribution in [3.63, 3.8) is 0 Å². The fourth-order valence-corrected chi connectivity index (χ4v) is 1.22. The highest BCUT2D eigenvalue weighted by Gasteiger charge is 2.03. The van der Waals surface area contributed by atoms with E-state index in [0.717, 1.165) is 12.8 Å². The fraction of sp³-hybridized carbons (Fsp3) is 0.500. The Morgan fingerprint density at radius 3 is 2.82 bits per heavy atom. The molecule has 0 aliphatic heterocycles. The van der Waals surface area contributed by atoms with Gasteiger partial charge in [-0.2, -0.15) is 0 Å². The number of aromatic nitrogens is 1. The number of carboxylic acids is 1. The van der Waals surface area contributed by atoms with Crippen molar-refractivity contribution in [2.45, 2.75) is 25.7 Å². The SMILES string of the molecule is O=C(O)CCCCCNC(=O)Nc1ccno1. The van der Waals surface area contributed by atoms with Crippen LogP contribution in [0.4, 0.5) is 10.7 Å². The minimum absolute atomic E-state index is 0.171. The number of anilines is 1. The van der Waals surface area contributed by atoms with Gasteiger partial charge in [-0.25, -0.2) is 4.79 Å². The summed E-state index contributed by atoms with van der Waals surface area (Å²) in [5.74, 6) is -0.505. The molecule has 0 unspecified atom stereocenters. The first kappa shape index (κ1) is 13.0. The van der Waals surface area contributed by atoms with Crippen molar-refractivity contribution in [2.24, 2.45) is 0 Å². The van der Waals surface area contributed by atoms with E-state index in [2.05, 4.69) is 20.3 Å². The Balaban J connectivity index is 1.99. The molecular formula is C10H15N3O4. The summed E-state index contributed by atoms with van der Waals surface area (Å²) in [6.07, 6.45) is 3.75. The number of carboxylic acid groups (broad SMARTS) is 1. The van der Waals surface area contributed by atoms with Crippen molar-refractivity contribution in [2.75, 3.05) is 11.9 Å². The van der Waals surface area contributed by atoms with Crippen LogP contribution in [0.15, 0.2) is 16.8 Å². The van der Waals surface area contributed by atoms with Crippen LogP contribution in [0.5, 0.6) is 0 Å². The van der Waals surface area contributed by atoms with Gasteiger partial charge in [0.1, 0.15) is 0 Å². The zero-order valence-electron chi connectivity index (χ0n) is 9.31. The van der Waals surface area contributed by atoms with Gasteiger partial charge in [0.2, 0.25) is 5.88 Å². The van der Waals surface area contributed by atoms with Crippen LogP contribution in [0.25, 0.3) is 0 Å². The Labute approximate surface area is 98.2 Å². The number of nitrogens with zero attached hydrogens (tertiary/aromatic N) is 1. The van der Waals surface area contributed by atoms with Crippen molar-refractivity contribution < 1.29 is 19.2 Å². The lowest BCUT2D eigenvalue weighted by Gasteiger charge is -2.04. The van der Waals surface area contributed by atoms with E-state index in [0.29, 0.717) is 13.0 Å². The maximum absolute atomic E-state index is 11.2. The van der Waals surface area contributed by atoms with Gasteiger partial charge in [-0.15, -0.1) is 0 Å². The number of unbranched alkanes of at least 4 members (excludes halogenated alkanes) is 2. The molecule has 1 rings (SSSR count). The first-order valence-corrected chi connectivity index (χ1v) is 5.36. The standard InChI is InChI=1S/C10H15N3O4/c14-9(15)4-2-1-3-6-11-10(16)13-8-5-7-12-17-8/h5,7H,1-4,6H2,(H,14,15)(H2,11,13,16). The Bertz CT molecular complexity index is 350. The Hall–Kier alpha value is -2.05. The van der Waals surface area contributed by atoms with Crippen molar-refractivity contribution in [1.82, 2.24) is 10.5 Å². The first-order chi connectivity index (χ1) is 8.18. The minimum Gasteiger partial charge on any atom is -0.481 e. The van der Waals surface area contributed by atoms with E-state index in [1.165, 1.54) is 12.3 Å². The summed E-state index contributed by atoms with van der Waals surface area (Å²) in [6.45, 7) is 0.500. The number of hydrogen-bond donors (Lipinski definition) is 3. The molecule has 7 heteroatoms. The number of rotatable bonds is 7. The van der Waals surface area contributed by atoms with Gasteiger partial charge in [0.05, 0.1) is 6.20 Å². The minimum atomic E-state index is -0.791. The molecular weight excluding hydrogens is 226 g/mol. The Kier molecular flexibility index (Phi) is 5.56. The van der Waals surface area contributed by atoms with Crippen molar-refractivity contribution in [3.05, 3.63) is 12.3 Å². The van der Waals surface area contributed by atoms with Gasteiger partial charge >= 0.3 is 12.0 Å². The molecule has 0 aliphatic carbocycles. The van der Waals surface area contributed by atoms with Gasteiger partial charge in [-0.3, -0.25) is 10.1 Å². The predicted octanol–water partition coefficient (Wildman–Crippen LogP) is 1.44. The predicted molar refractivity (Wildman–Crippen MR) is 59.6 cm³/mol. The quantitative estimate of drug-likeness (QED) is 0.626. The molecule has 0 aromatic carbocycles. The number of aliphatic carboxylic acids is 1. The number of carbonyl (C=O) groups is 2. The van der Waals surface area contributed by atoms with Crippen molar-refractivity contribution >= 4 is 17.9 Å². The van der Waals surface area contributed by atoms with Gasteiger partial charge in [0.15, 0.2) is 0 Å². The number of carbonyl (C=O) groups excluding carboxylic acids is 1. The van der Waals surface area contributed by atoms with Crippen LogP contribution in [0.3, 0.4) is 0 Å². The van der Waals surface area contributed by atoms with Gasteiger partial charge in [-0.1, -0.05) is 11.6 Å². The van der Waals surface area contributed by atoms with Gasteiger partial charge in [0, 0.05) is 19.0 Å². The molecule has 17 heavy (non-hydrogen) atoms. The van der Waals surface area contributed by atoms with E-state index in [9.17, 15) is 9.59 Å². The molecule has 3 N–H and O–H groups in total.